The molecular weight excluding hydrogens is 340 g/mol. The third kappa shape index (κ3) is 2.92. The average Bonchev–Trinajstić information content (AvgIpc) is 2.97. The molecule has 1 heterocycles. The second-order valence-electron chi connectivity index (χ2n) is 6.23. The van der Waals surface area contributed by atoms with Crippen LogP contribution in [0.1, 0.15) is 39.9 Å². The second kappa shape index (κ2) is 6.19. The van der Waals surface area contributed by atoms with E-state index in [1.54, 1.807) is 0 Å². The topological polar surface area (TPSA) is 42.0 Å². The van der Waals surface area contributed by atoms with Crippen LogP contribution in [0.5, 0.6) is 0 Å². The van der Waals surface area contributed by atoms with E-state index in [9.17, 15) is 4.79 Å². The number of hydrogen-bond donors (Lipinski definition) is 1. The van der Waals surface area contributed by atoms with Gasteiger partial charge < -0.3 is 0 Å². The minimum Gasteiger partial charge on any atom is -0.298 e. The zero-order chi connectivity index (χ0) is 16.7. The average molecular weight is 357 g/mol. The number of nitrogens with zero attached hydrogens (tertiary/aromatic N) is 1. The Kier molecular flexibility index (Phi) is 4.02. The molecule has 3 aromatic rings. The molecule has 1 aliphatic rings. The summed E-state index contributed by atoms with van der Waals surface area (Å²) in [6.07, 6.45) is 4.63. The summed E-state index contributed by atoms with van der Waals surface area (Å²) in [4.78, 5) is 17.1. The predicted octanol–water partition coefficient (Wildman–Crippen LogP) is 5.39. The van der Waals surface area contributed by atoms with E-state index >= 15 is 0 Å². The summed E-state index contributed by atoms with van der Waals surface area (Å²) in [6, 6.07) is 9.80. The molecule has 24 heavy (non-hydrogen) atoms. The number of hydrogen-bond acceptors (Lipinski definition) is 3. The van der Waals surface area contributed by atoms with Gasteiger partial charge in [0.2, 0.25) is 0 Å². The van der Waals surface area contributed by atoms with Crippen molar-refractivity contribution in [1.82, 2.24) is 4.98 Å². The molecule has 1 N–H and O–H groups in total. The molecule has 0 saturated carbocycles. The molecule has 4 rings (SSSR count). The van der Waals surface area contributed by atoms with Crippen molar-refractivity contribution in [2.24, 2.45) is 0 Å². The third-order valence-electron chi connectivity index (χ3n) is 4.48. The Morgan fingerprint density at radius 2 is 1.96 bits per heavy atom. The number of amides is 1. The van der Waals surface area contributed by atoms with E-state index < -0.39 is 0 Å². The van der Waals surface area contributed by atoms with Crippen LogP contribution in [0.2, 0.25) is 5.02 Å². The maximum Gasteiger partial charge on any atom is 0.257 e. The number of thiazole rings is 1. The Balaban J connectivity index is 1.61. The predicted molar refractivity (Wildman–Crippen MR) is 100 cm³/mol. The zero-order valence-corrected chi connectivity index (χ0v) is 14.9. The number of anilines is 1. The van der Waals surface area contributed by atoms with Gasteiger partial charge in [-0.05, 0) is 73.6 Å². The number of carbonyl (C=O) groups is 1. The number of benzene rings is 2. The number of carbonyl (C=O) groups excluding carboxylic acids is 1. The molecule has 0 unspecified atom stereocenters. The normalized spacial score (nSPS) is 13.8. The molecule has 0 bridgehead atoms. The van der Waals surface area contributed by atoms with E-state index in [1.165, 1.54) is 35.3 Å². The minimum atomic E-state index is -0.105. The van der Waals surface area contributed by atoms with Crippen molar-refractivity contribution in [1.29, 1.82) is 0 Å². The summed E-state index contributed by atoms with van der Waals surface area (Å²) in [7, 11) is 0. The lowest BCUT2D eigenvalue weighted by Gasteiger charge is -2.16. The van der Waals surface area contributed by atoms with E-state index in [0.717, 1.165) is 28.6 Å². The summed E-state index contributed by atoms with van der Waals surface area (Å²) in [5.74, 6) is -0.105. The van der Waals surface area contributed by atoms with Gasteiger partial charge in [0.1, 0.15) is 0 Å². The van der Waals surface area contributed by atoms with E-state index in [4.69, 9.17) is 11.6 Å². The standard InChI is InChI=1S/C19H17ClN2OS/c1-11-8-15(20)10-16-17(11)21-19(24-16)22-18(23)14-7-6-12-4-2-3-5-13(12)9-14/h6-10H,2-5H2,1H3,(H,21,22,23). The fraction of sp³-hybridized carbons (Fsp3) is 0.263. The van der Waals surface area contributed by atoms with Crippen molar-refractivity contribution in [2.45, 2.75) is 32.6 Å². The highest BCUT2D eigenvalue weighted by Gasteiger charge is 2.15. The molecule has 122 valence electrons. The Bertz CT molecular complexity index is 948. The van der Waals surface area contributed by atoms with Crippen LogP contribution in [-0.4, -0.2) is 10.9 Å². The molecule has 0 saturated heterocycles. The van der Waals surface area contributed by atoms with Crippen molar-refractivity contribution < 1.29 is 4.79 Å². The van der Waals surface area contributed by atoms with Crippen molar-refractivity contribution in [3.05, 3.63) is 57.6 Å². The van der Waals surface area contributed by atoms with Crippen molar-refractivity contribution in [3.63, 3.8) is 0 Å². The maximum atomic E-state index is 12.6. The Hall–Kier alpha value is -1.91. The number of aryl methyl sites for hydroxylation is 3. The molecule has 0 aliphatic heterocycles. The Morgan fingerprint density at radius 1 is 1.17 bits per heavy atom. The van der Waals surface area contributed by atoms with Crippen LogP contribution in [-0.2, 0) is 12.8 Å². The first kappa shape index (κ1) is 15.6. The SMILES string of the molecule is Cc1cc(Cl)cc2sc(NC(=O)c3ccc4c(c3)CCCC4)nc12. The molecule has 0 radical (unpaired) electrons. The van der Waals surface area contributed by atoms with Crippen LogP contribution in [0.15, 0.2) is 30.3 Å². The highest BCUT2D eigenvalue weighted by Crippen LogP contribution is 2.31. The van der Waals surface area contributed by atoms with Crippen LogP contribution in [0.25, 0.3) is 10.2 Å². The molecule has 0 atom stereocenters. The smallest absolute Gasteiger partial charge is 0.257 e. The first-order valence-electron chi connectivity index (χ1n) is 8.10. The molecular formula is C19H17ClN2OS. The monoisotopic (exact) mass is 356 g/mol. The fourth-order valence-corrected chi connectivity index (χ4v) is 4.57. The summed E-state index contributed by atoms with van der Waals surface area (Å²) < 4.78 is 0.987. The van der Waals surface area contributed by atoms with Crippen molar-refractivity contribution >= 4 is 44.2 Å². The first-order chi connectivity index (χ1) is 11.6. The lowest BCUT2D eigenvalue weighted by molar-refractivity contribution is 0.102. The van der Waals surface area contributed by atoms with Crippen LogP contribution in [0, 0.1) is 6.92 Å². The van der Waals surface area contributed by atoms with E-state index in [2.05, 4.69) is 16.4 Å². The maximum absolute atomic E-state index is 12.6. The minimum absolute atomic E-state index is 0.105. The van der Waals surface area contributed by atoms with Gasteiger partial charge in [-0.15, -0.1) is 0 Å². The van der Waals surface area contributed by atoms with Gasteiger partial charge in [0.25, 0.3) is 5.91 Å². The highest BCUT2D eigenvalue weighted by atomic mass is 35.5. The zero-order valence-electron chi connectivity index (χ0n) is 13.4. The number of aromatic nitrogens is 1. The van der Waals surface area contributed by atoms with Crippen LogP contribution < -0.4 is 5.32 Å². The number of nitrogens with one attached hydrogen (secondary N) is 1. The molecule has 1 aliphatic carbocycles. The third-order valence-corrected chi connectivity index (χ3v) is 5.62. The molecule has 0 fully saturated rings. The number of fused-ring (bicyclic) bond motifs is 2. The molecule has 1 amide bonds. The largest absolute Gasteiger partial charge is 0.298 e. The first-order valence-corrected chi connectivity index (χ1v) is 9.29. The summed E-state index contributed by atoms with van der Waals surface area (Å²) in [5.41, 5.74) is 5.29. The lowest BCUT2D eigenvalue weighted by atomic mass is 9.90. The number of halogens is 1. The van der Waals surface area contributed by atoms with E-state index in [0.29, 0.717) is 15.7 Å². The molecule has 2 aromatic carbocycles. The summed E-state index contributed by atoms with van der Waals surface area (Å²) >= 11 is 7.54. The molecule has 5 heteroatoms. The number of rotatable bonds is 2. The molecule has 1 aromatic heterocycles. The Morgan fingerprint density at radius 3 is 2.79 bits per heavy atom. The van der Waals surface area contributed by atoms with Gasteiger partial charge in [-0.2, -0.15) is 0 Å². The van der Waals surface area contributed by atoms with Gasteiger partial charge in [0.05, 0.1) is 10.2 Å². The Labute approximate surface area is 149 Å². The lowest BCUT2D eigenvalue weighted by Crippen LogP contribution is -2.13. The quantitative estimate of drug-likeness (QED) is 0.668. The molecule has 3 nitrogen and oxygen atoms in total. The van der Waals surface area contributed by atoms with Gasteiger partial charge in [0.15, 0.2) is 5.13 Å². The van der Waals surface area contributed by atoms with Gasteiger partial charge in [-0.3, -0.25) is 10.1 Å². The van der Waals surface area contributed by atoms with Crippen molar-refractivity contribution in [3.8, 4) is 0 Å². The second-order valence-corrected chi connectivity index (χ2v) is 7.70. The highest BCUT2D eigenvalue weighted by molar-refractivity contribution is 7.22. The van der Waals surface area contributed by atoms with Crippen molar-refractivity contribution in [2.75, 3.05) is 5.32 Å². The van der Waals surface area contributed by atoms with Crippen LogP contribution in [0.3, 0.4) is 0 Å². The van der Waals surface area contributed by atoms with Gasteiger partial charge >= 0.3 is 0 Å². The molecule has 0 spiro atoms. The van der Waals surface area contributed by atoms with Crippen LogP contribution in [0.4, 0.5) is 5.13 Å². The summed E-state index contributed by atoms with van der Waals surface area (Å²) in [6.45, 7) is 1.98. The van der Waals surface area contributed by atoms with Gasteiger partial charge in [0, 0.05) is 10.6 Å². The summed E-state index contributed by atoms with van der Waals surface area (Å²) in [5, 5.41) is 4.23. The van der Waals surface area contributed by atoms with E-state index in [1.807, 2.05) is 31.2 Å². The fourth-order valence-electron chi connectivity index (χ4n) is 3.25. The van der Waals surface area contributed by atoms with Gasteiger partial charge in [-0.1, -0.05) is 29.0 Å². The van der Waals surface area contributed by atoms with Gasteiger partial charge in [-0.25, -0.2) is 4.98 Å². The van der Waals surface area contributed by atoms with Crippen LogP contribution >= 0.6 is 22.9 Å². The van der Waals surface area contributed by atoms with E-state index in [-0.39, 0.29) is 5.91 Å².